The highest BCUT2D eigenvalue weighted by atomic mass is 32.2. The molecule has 0 bridgehead atoms. The second kappa shape index (κ2) is 4.01. The fraction of sp³-hybridized carbons (Fsp3) is 1.00. The minimum atomic E-state index is -3.42. The highest BCUT2D eigenvalue weighted by Crippen LogP contribution is 2.41. The van der Waals surface area contributed by atoms with E-state index in [0.717, 1.165) is 32.5 Å². The molecule has 88 valence electrons. The van der Waals surface area contributed by atoms with Gasteiger partial charge in [-0.1, -0.05) is 0 Å². The van der Waals surface area contributed by atoms with Crippen LogP contribution in [0.25, 0.3) is 0 Å². The molecular formula is C9H17NO4S. The van der Waals surface area contributed by atoms with Crippen LogP contribution in [0.5, 0.6) is 0 Å². The molecule has 2 aliphatic rings. The number of hydrogen-bond donors (Lipinski definition) is 1. The minimum Gasteiger partial charge on any atom is -0.381 e. The summed E-state index contributed by atoms with van der Waals surface area (Å²) >= 11 is 0. The van der Waals surface area contributed by atoms with E-state index in [1.54, 1.807) is 0 Å². The molecule has 0 aromatic carbocycles. The van der Waals surface area contributed by atoms with Crippen molar-refractivity contribution in [1.29, 1.82) is 0 Å². The van der Waals surface area contributed by atoms with Crippen LogP contribution < -0.4 is 5.14 Å². The Morgan fingerprint density at radius 2 is 2.00 bits per heavy atom. The van der Waals surface area contributed by atoms with Gasteiger partial charge in [0, 0.05) is 18.6 Å². The SMILES string of the molecule is NS(=O)(=O)CC1CC2(CCOCC2)CO1. The van der Waals surface area contributed by atoms with Gasteiger partial charge in [-0.2, -0.15) is 0 Å². The lowest BCUT2D eigenvalue weighted by Crippen LogP contribution is -2.31. The first-order valence-electron chi connectivity index (χ1n) is 5.19. The summed E-state index contributed by atoms with van der Waals surface area (Å²) in [6.07, 6.45) is 2.51. The first-order valence-corrected chi connectivity index (χ1v) is 6.91. The van der Waals surface area contributed by atoms with Crippen LogP contribution in [-0.2, 0) is 19.5 Å². The molecule has 15 heavy (non-hydrogen) atoms. The number of rotatable bonds is 2. The smallest absolute Gasteiger partial charge is 0.211 e. The van der Waals surface area contributed by atoms with Crippen molar-refractivity contribution >= 4 is 10.0 Å². The van der Waals surface area contributed by atoms with E-state index in [0.29, 0.717) is 6.61 Å². The normalized spacial score (nSPS) is 30.9. The second-order valence-electron chi connectivity index (χ2n) is 4.58. The third kappa shape index (κ3) is 2.90. The van der Waals surface area contributed by atoms with E-state index in [9.17, 15) is 8.42 Å². The number of hydrogen-bond acceptors (Lipinski definition) is 4. The summed E-state index contributed by atoms with van der Waals surface area (Å²) in [4.78, 5) is 0. The van der Waals surface area contributed by atoms with Crippen LogP contribution in [0.2, 0.25) is 0 Å². The van der Waals surface area contributed by atoms with Gasteiger partial charge in [-0.15, -0.1) is 0 Å². The molecule has 5 nitrogen and oxygen atoms in total. The van der Waals surface area contributed by atoms with Crippen LogP contribution in [0, 0.1) is 5.41 Å². The molecule has 1 atom stereocenters. The standard InChI is InChI=1S/C9H17NO4S/c10-15(11,12)6-8-5-9(7-14-8)1-3-13-4-2-9/h8H,1-7H2,(H2,10,11,12). The summed E-state index contributed by atoms with van der Waals surface area (Å²) < 4.78 is 32.7. The summed E-state index contributed by atoms with van der Waals surface area (Å²) in [5, 5.41) is 5.00. The predicted octanol–water partition coefficient (Wildman–Crippen LogP) is -0.139. The zero-order valence-electron chi connectivity index (χ0n) is 8.65. The topological polar surface area (TPSA) is 78.6 Å². The molecule has 0 amide bonds. The van der Waals surface area contributed by atoms with Crippen molar-refractivity contribution in [3.05, 3.63) is 0 Å². The Hall–Kier alpha value is -0.170. The average molecular weight is 235 g/mol. The number of primary sulfonamides is 1. The van der Waals surface area contributed by atoms with Crippen LogP contribution in [-0.4, -0.2) is 40.1 Å². The van der Waals surface area contributed by atoms with Gasteiger partial charge in [-0.3, -0.25) is 0 Å². The molecule has 2 fully saturated rings. The lowest BCUT2D eigenvalue weighted by atomic mass is 9.78. The third-order valence-electron chi connectivity index (χ3n) is 3.26. The molecule has 0 aromatic heterocycles. The number of nitrogens with two attached hydrogens (primary N) is 1. The average Bonchev–Trinajstić information content (AvgIpc) is 2.47. The van der Waals surface area contributed by atoms with Crippen molar-refractivity contribution in [2.75, 3.05) is 25.6 Å². The Kier molecular flexibility index (Phi) is 3.03. The van der Waals surface area contributed by atoms with Crippen LogP contribution >= 0.6 is 0 Å². The van der Waals surface area contributed by atoms with Crippen LogP contribution in [0.15, 0.2) is 0 Å². The van der Waals surface area contributed by atoms with Crippen molar-refractivity contribution < 1.29 is 17.9 Å². The van der Waals surface area contributed by atoms with Crippen LogP contribution in [0.4, 0.5) is 0 Å². The lowest BCUT2D eigenvalue weighted by Gasteiger charge is -2.31. The van der Waals surface area contributed by atoms with Crippen molar-refractivity contribution in [2.24, 2.45) is 10.6 Å². The van der Waals surface area contributed by atoms with Gasteiger partial charge in [-0.05, 0) is 19.3 Å². The molecular weight excluding hydrogens is 218 g/mol. The molecule has 0 saturated carbocycles. The van der Waals surface area contributed by atoms with Crippen LogP contribution in [0.3, 0.4) is 0 Å². The van der Waals surface area contributed by atoms with E-state index < -0.39 is 10.0 Å². The van der Waals surface area contributed by atoms with Crippen molar-refractivity contribution in [3.8, 4) is 0 Å². The molecule has 6 heteroatoms. The Morgan fingerprint density at radius 3 is 2.60 bits per heavy atom. The van der Waals surface area contributed by atoms with Crippen molar-refractivity contribution in [2.45, 2.75) is 25.4 Å². The van der Waals surface area contributed by atoms with E-state index in [4.69, 9.17) is 14.6 Å². The van der Waals surface area contributed by atoms with Gasteiger partial charge in [0.1, 0.15) is 0 Å². The van der Waals surface area contributed by atoms with Crippen LogP contribution in [0.1, 0.15) is 19.3 Å². The maximum absolute atomic E-state index is 10.9. The van der Waals surface area contributed by atoms with Gasteiger partial charge < -0.3 is 9.47 Å². The fourth-order valence-corrected chi connectivity index (χ4v) is 3.15. The van der Waals surface area contributed by atoms with Crippen molar-refractivity contribution in [3.63, 3.8) is 0 Å². The monoisotopic (exact) mass is 235 g/mol. The summed E-state index contributed by atoms with van der Waals surface area (Å²) in [5.74, 6) is -0.0599. The summed E-state index contributed by atoms with van der Waals surface area (Å²) in [6, 6.07) is 0. The van der Waals surface area contributed by atoms with E-state index in [-0.39, 0.29) is 17.3 Å². The first kappa shape index (κ1) is 11.3. The molecule has 2 aliphatic heterocycles. The lowest BCUT2D eigenvalue weighted by molar-refractivity contribution is 0.00751. The van der Waals surface area contributed by atoms with Gasteiger partial charge in [0.2, 0.25) is 10.0 Å². The third-order valence-corrected chi connectivity index (χ3v) is 4.09. The van der Waals surface area contributed by atoms with Gasteiger partial charge >= 0.3 is 0 Å². The van der Waals surface area contributed by atoms with Gasteiger partial charge in [-0.25, -0.2) is 13.6 Å². The summed E-state index contributed by atoms with van der Waals surface area (Å²) in [5.41, 5.74) is 0.146. The Labute approximate surface area is 90.0 Å². The summed E-state index contributed by atoms with van der Waals surface area (Å²) in [7, 11) is -3.42. The predicted molar refractivity (Wildman–Crippen MR) is 54.8 cm³/mol. The molecule has 0 aliphatic carbocycles. The van der Waals surface area contributed by atoms with E-state index in [1.807, 2.05) is 0 Å². The molecule has 1 unspecified atom stereocenters. The molecule has 2 heterocycles. The largest absolute Gasteiger partial charge is 0.381 e. The Morgan fingerprint density at radius 1 is 1.33 bits per heavy atom. The highest BCUT2D eigenvalue weighted by Gasteiger charge is 2.42. The maximum Gasteiger partial charge on any atom is 0.211 e. The molecule has 2 rings (SSSR count). The fourth-order valence-electron chi connectivity index (χ4n) is 2.41. The zero-order chi connectivity index (χ0) is 10.9. The Bertz CT molecular complexity index is 321. The second-order valence-corrected chi connectivity index (χ2v) is 6.24. The van der Waals surface area contributed by atoms with Crippen molar-refractivity contribution in [1.82, 2.24) is 0 Å². The molecule has 2 N–H and O–H groups in total. The molecule has 0 radical (unpaired) electrons. The number of ether oxygens (including phenoxy) is 2. The Balaban J connectivity index is 1.93. The van der Waals surface area contributed by atoms with E-state index >= 15 is 0 Å². The molecule has 0 aromatic rings. The van der Waals surface area contributed by atoms with Gasteiger partial charge in [0.25, 0.3) is 0 Å². The quantitative estimate of drug-likeness (QED) is 0.722. The first-order chi connectivity index (χ1) is 6.99. The summed E-state index contributed by atoms with van der Waals surface area (Å²) in [6.45, 7) is 2.16. The van der Waals surface area contributed by atoms with Gasteiger partial charge in [0.15, 0.2) is 0 Å². The minimum absolute atomic E-state index is 0.0599. The number of sulfonamides is 1. The van der Waals surface area contributed by atoms with E-state index in [2.05, 4.69) is 0 Å². The zero-order valence-corrected chi connectivity index (χ0v) is 9.46. The maximum atomic E-state index is 10.9. The molecule has 1 spiro atoms. The highest BCUT2D eigenvalue weighted by molar-refractivity contribution is 7.89. The van der Waals surface area contributed by atoms with E-state index in [1.165, 1.54) is 0 Å². The molecule has 2 saturated heterocycles. The van der Waals surface area contributed by atoms with Gasteiger partial charge in [0.05, 0.1) is 18.5 Å².